The molecule has 0 spiro atoms. The van der Waals surface area contributed by atoms with E-state index in [0.717, 1.165) is 5.56 Å². The van der Waals surface area contributed by atoms with E-state index in [1.165, 1.54) is 11.8 Å². The van der Waals surface area contributed by atoms with Gasteiger partial charge in [0.1, 0.15) is 0 Å². The van der Waals surface area contributed by atoms with Crippen molar-refractivity contribution in [3.63, 3.8) is 0 Å². The van der Waals surface area contributed by atoms with E-state index >= 15 is 0 Å². The fourth-order valence-electron chi connectivity index (χ4n) is 1.20. The molecular formula is C10H11N3OS. The summed E-state index contributed by atoms with van der Waals surface area (Å²) in [5, 5.41) is 3.28. The summed E-state index contributed by atoms with van der Waals surface area (Å²) in [5.74, 6) is 0.668. The third-order valence-corrected chi connectivity index (χ3v) is 3.06. The quantitative estimate of drug-likeness (QED) is 0.784. The van der Waals surface area contributed by atoms with Crippen molar-refractivity contribution in [2.45, 2.75) is 19.1 Å². The zero-order valence-corrected chi connectivity index (χ0v) is 9.34. The predicted octanol–water partition coefficient (Wildman–Crippen LogP) is 1.63. The lowest BCUT2D eigenvalue weighted by atomic mass is 10.3. The van der Waals surface area contributed by atoms with Gasteiger partial charge < -0.3 is 5.32 Å². The molecule has 2 rings (SSSR count). The van der Waals surface area contributed by atoms with Crippen molar-refractivity contribution in [3.8, 4) is 0 Å². The molecule has 0 bridgehead atoms. The number of hydrogen-bond donors (Lipinski definition) is 1. The molecule has 1 aliphatic rings. The number of thioether (sulfide) groups is 1. The highest BCUT2D eigenvalue weighted by atomic mass is 32.2. The Labute approximate surface area is 92.2 Å². The molecule has 5 heteroatoms. The highest BCUT2D eigenvalue weighted by Crippen LogP contribution is 2.22. The Kier molecular flexibility index (Phi) is 2.73. The normalized spacial score (nSPS) is 23.2. The molecule has 1 amide bonds. The van der Waals surface area contributed by atoms with Gasteiger partial charge in [-0.05, 0) is 25.5 Å². The van der Waals surface area contributed by atoms with Crippen LogP contribution in [0.2, 0.25) is 0 Å². The van der Waals surface area contributed by atoms with Crippen LogP contribution < -0.4 is 5.32 Å². The summed E-state index contributed by atoms with van der Waals surface area (Å²) >= 11 is 1.43. The Morgan fingerprint density at radius 2 is 2.40 bits per heavy atom. The largest absolute Gasteiger partial charge is 0.304 e. The maximum absolute atomic E-state index is 11.2. The molecular weight excluding hydrogens is 210 g/mol. The summed E-state index contributed by atoms with van der Waals surface area (Å²) in [5.41, 5.74) is 0.999. The van der Waals surface area contributed by atoms with Crippen LogP contribution in [0.4, 0.5) is 5.82 Å². The van der Waals surface area contributed by atoms with Crippen molar-refractivity contribution >= 4 is 28.7 Å². The van der Waals surface area contributed by atoms with Gasteiger partial charge in [0, 0.05) is 6.20 Å². The molecule has 4 nitrogen and oxygen atoms in total. The lowest BCUT2D eigenvalue weighted by molar-refractivity contribution is -0.118. The molecule has 0 radical (unpaired) electrons. The van der Waals surface area contributed by atoms with Crippen LogP contribution in [0.15, 0.2) is 23.3 Å². The topological polar surface area (TPSA) is 54.4 Å². The number of nitrogens with zero attached hydrogens (tertiary/aromatic N) is 2. The van der Waals surface area contributed by atoms with Gasteiger partial charge in [0.2, 0.25) is 5.91 Å². The number of aromatic nitrogens is 1. The number of carbonyl (C=O) groups is 1. The molecule has 2 heterocycles. The van der Waals surface area contributed by atoms with Crippen molar-refractivity contribution in [2.24, 2.45) is 4.99 Å². The first kappa shape index (κ1) is 10.2. The second-order valence-electron chi connectivity index (χ2n) is 3.31. The van der Waals surface area contributed by atoms with Crippen LogP contribution in [0.25, 0.3) is 0 Å². The summed E-state index contributed by atoms with van der Waals surface area (Å²) in [6.45, 7) is 3.80. The van der Waals surface area contributed by atoms with Gasteiger partial charge >= 0.3 is 0 Å². The maximum Gasteiger partial charge on any atom is 0.239 e. The van der Waals surface area contributed by atoms with E-state index in [0.29, 0.717) is 11.0 Å². The Balaban J connectivity index is 2.25. The number of nitrogens with one attached hydrogen (secondary N) is 1. The average Bonchev–Trinajstić information content (AvgIpc) is 2.50. The van der Waals surface area contributed by atoms with E-state index in [-0.39, 0.29) is 11.2 Å². The average molecular weight is 221 g/mol. The summed E-state index contributed by atoms with van der Waals surface area (Å²) in [4.78, 5) is 19.7. The Bertz CT molecular complexity index is 430. The standard InChI is InChI=1S/C10H11N3OS/c1-6-4-3-5-11-8(6)12-10-13-9(14)7(2)15-10/h3-5,7H,1-2H3,(H,11,12,13,14). The molecule has 1 saturated heterocycles. The molecule has 15 heavy (non-hydrogen) atoms. The van der Waals surface area contributed by atoms with Crippen LogP contribution in [0.1, 0.15) is 12.5 Å². The lowest BCUT2D eigenvalue weighted by Gasteiger charge is -1.98. The van der Waals surface area contributed by atoms with Gasteiger partial charge in [0.15, 0.2) is 11.0 Å². The summed E-state index contributed by atoms with van der Waals surface area (Å²) in [6.07, 6.45) is 1.69. The van der Waals surface area contributed by atoms with Crippen molar-refractivity contribution in [1.82, 2.24) is 10.3 Å². The van der Waals surface area contributed by atoms with E-state index in [1.54, 1.807) is 6.20 Å². The van der Waals surface area contributed by atoms with Crippen molar-refractivity contribution in [2.75, 3.05) is 0 Å². The van der Waals surface area contributed by atoms with E-state index in [4.69, 9.17) is 0 Å². The van der Waals surface area contributed by atoms with Gasteiger partial charge in [-0.2, -0.15) is 0 Å². The molecule has 1 N–H and O–H groups in total. The fourth-order valence-corrected chi connectivity index (χ4v) is 2.00. The van der Waals surface area contributed by atoms with E-state index in [9.17, 15) is 4.79 Å². The smallest absolute Gasteiger partial charge is 0.239 e. The van der Waals surface area contributed by atoms with Crippen molar-refractivity contribution < 1.29 is 4.79 Å². The van der Waals surface area contributed by atoms with Crippen LogP contribution in [-0.2, 0) is 4.79 Å². The first-order valence-corrected chi connectivity index (χ1v) is 5.52. The molecule has 1 aliphatic heterocycles. The van der Waals surface area contributed by atoms with Gasteiger partial charge in [-0.25, -0.2) is 9.98 Å². The van der Waals surface area contributed by atoms with Crippen molar-refractivity contribution in [3.05, 3.63) is 23.9 Å². The molecule has 1 aromatic heterocycles. The highest BCUT2D eigenvalue weighted by Gasteiger charge is 2.25. The highest BCUT2D eigenvalue weighted by molar-refractivity contribution is 8.15. The lowest BCUT2D eigenvalue weighted by Crippen LogP contribution is -2.23. The third kappa shape index (κ3) is 2.18. The summed E-state index contributed by atoms with van der Waals surface area (Å²) in [7, 11) is 0. The molecule has 1 atom stereocenters. The molecule has 78 valence electrons. The van der Waals surface area contributed by atoms with E-state index in [2.05, 4.69) is 15.3 Å². The van der Waals surface area contributed by atoms with Gasteiger partial charge in [0.05, 0.1) is 5.25 Å². The minimum absolute atomic E-state index is 0.00679. The minimum Gasteiger partial charge on any atom is -0.304 e. The second-order valence-corrected chi connectivity index (χ2v) is 4.64. The molecule has 1 unspecified atom stereocenters. The second kappa shape index (κ2) is 4.02. The maximum atomic E-state index is 11.2. The van der Waals surface area contributed by atoms with Gasteiger partial charge in [-0.1, -0.05) is 17.8 Å². The SMILES string of the molecule is Cc1cccnc1/N=C1/NC(=O)C(C)S1. The van der Waals surface area contributed by atoms with Crippen LogP contribution in [0.5, 0.6) is 0 Å². The first-order chi connectivity index (χ1) is 7.16. The number of aliphatic imine (C=N–C) groups is 1. The third-order valence-electron chi connectivity index (χ3n) is 2.08. The van der Waals surface area contributed by atoms with E-state index < -0.39 is 0 Å². The number of aryl methyl sites for hydroxylation is 1. The molecule has 0 aromatic carbocycles. The zero-order chi connectivity index (χ0) is 10.8. The number of amides is 1. The van der Waals surface area contributed by atoms with Crippen LogP contribution in [-0.4, -0.2) is 21.3 Å². The van der Waals surface area contributed by atoms with Gasteiger partial charge in [0.25, 0.3) is 0 Å². The van der Waals surface area contributed by atoms with Crippen LogP contribution >= 0.6 is 11.8 Å². The molecule has 1 aromatic rings. The van der Waals surface area contributed by atoms with Crippen LogP contribution in [0.3, 0.4) is 0 Å². The number of hydrogen-bond acceptors (Lipinski definition) is 4. The number of pyridine rings is 1. The van der Waals surface area contributed by atoms with Crippen molar-refractivity contribution in [1.29, 1.82) is 0 Å². The van der Waals surface area contributed by atoms with E-state index in [1.807, 2.05) is 26.0 Å². The van der Waals surface area contributed by atoms with Gasteiger partial charge in [-0.3, -0.25) is 4.79 Å². The fraction of sp³-hybridized carbons (Fsp3) is 0.300. The Hall–Kier alpha value is -1.36. The molecule has 0 aliphatic carbocycles. The monoisotopic (exact) mass is 221 g/mol. The Morgan fingerprint density at radius 3 is 3.00 bits per heavy atom. The number of amidine groups is 1. The Morgan fingerprint density at radius 1 is 1.60 bits per heavy atom. The van der Waals surface area contributed by atoms with Crippen LogP contribution in [0, 0.1) is 6.92 Å². The zero-order valence-electron chi connectivity index (χ0n) is 8.52. The summed E-state index contributed by atoms with van der Waals surface area (Å²) in [6, 6.07) is 3.80. The first-order valence-electron chi connectivity index (χ1n) is 4.64. The molecule has 0 saturated carbocycles. The minimum atomic E-state index is -0.0623. The number of carbonyl (C=O) groups excluding carboxylic acids is 1. The summed E-state index contributed by atoms with van der Waals surface area (Å²) < 4.78 is 0. The molecule has 1 fully saturated rings. The predicted molar refractivity (Wildman–Crippen MR) is 61.3 cm³/mol. The van der Waals surface area contributed by atoms with Gasteiger partial charge in [-0.15, -0.1) is 0 Å². The number of rotatable bonds is 1.